The Morgan fingerprint density at radius 1 is 1.20 bits per heavy atom. The first-order valence-electron chi connectivity index (χ1n) is 10.1. The summed E-state index contributed by atoms with van der Waals surface area (Å²) in [5.74, 6) is 0.227. The Balaban J connectivity index is 1.81. The van der Waals surface area contributed by atoms with Crippen LogP contribution in [0.25, 0.3) is 11.1 Å². The number of hydrogen-bond acceptors (Lipinski definition) is 5. The van der Waals surface area contributed by atoms with E-state index in [-0.39, 0.29) is 17.8 Å². The molecule has 8 heteroatoms. The summed E-state index contributed by atoms with van der Waals surface area (Å²) in [5, 5.41) is 6.85. The monoisotopic (exact) mass is 408 g/mol. The van der Waals surface area contributed by atoms with Gasteiger partial charge in [-0.3, -0.25) is 9.89 Å². The Labute approximate surface area is 175 Å². The first-order valence-corrected chi connectivity index (χ1v) is 10.1. The van der Waals surface area contributed by atoms with Gasteiger partial charge in [0.15, 0.2) is 0 Å². The van der Waals surface area contributed by atoms with E-state index in [0.29, 0.717) is 18.1 Å². The number of H-pyrrole nitrogens is 1. The van der Waals surface area contributed by atoms with Gasteiger partial charge in [0.25, 0.3) is 5.91 Å². The van der Waals surface area contributed by atoms with Gasteiger partial charge in [0.05, 0.1) is 23.5 Å². The van der Waals surface area contributed by atoms with Crippen molar-refractivity contribution in [3.8, 4) is 11.1 Å². The molecule has 3 aromatic rings. The summed E-state index contributed by atoms with van der Waals surface area (Å²) in [6, 6.07) is 6.11. The molecule has 1 aromatic carbocycles. The predicted octanol–water partition coefficient (Wildman–Crippen LogP) is 3.75. The van der Waals surface area contributed by atoms with E-state index in [4.69, 9.17) is 4.98 Å². The fourth-order valence-electron chi connectivity index (χ4n) is 3.89. The van der Waals surface area contributed by atoms with Gasteiger partial charge >= 0.3 is 0 Å². The number of rotatable bonds is 4. The number of halogens is 1. The maximum absolute atomic E-state index is 13.5. The number of likely N-dealkylation sites (tertiary alicyclic amines) is 1. The number of carbonyl (C=O) groups is 1. The lowest BCUT2D eigenvalue weighted by Crippen LogP contribution is -2.39. The van der Waals surface area contributed by atoms with Gasteiger partial charge < -0.3 is 9.80 Å². The zero-order chi connectivity index (χ0) is 21.3. The number of anilines is 1. The van der Waals surface area contributed by atoms with E-state index in [1.807, 2.05) is 30.8 Å². The van der Waals surface area contributed by atoms with Gasteiger partial charge in [0, 0.05) is 38.1 Å². The molecule has 4 rings (SSSR count). The second kappa shape index (κ2) is 8.22. The fraction of sp³-hybridized carbons (Fsp3) is 0.364. The Morgan fingerprint density at radius 3 is 2.63 bits per heavy atom. The SMILES string of the molecule is Cc1[nH]ncc1C(=O)N1CCCCC1c1nc(N(C)C)ncc1-c1ccc(F)cc1. The van der Waals surface area contributed by atoms with Crippen LogP contribution in [-0.2, 0) is 0 Å². The van der Waals surface area contributed by atoms with Gasteiger partial charge in [0.2, 0.25) is 5.95 Å². The summed E-state index contributed by atoms with van der Waals surface area (Å²) in [5.41, 5.74) is 3.75. The summed E-state index contributed by atoms with van der Waals surface area (Å²) < 4.78 is 13.5. The molecule has 0 radical (unpaired) electrons. The molecule has 1 saturated heterocycles. The number of aromatic nitrogens is 4. The molecule has 1 N–H and O–H groups in total. The Bertz CT molecular complexity index is 1050. The molecule has 0 bridgehead atoms. The molecule has 0 spiro atoms. The third-order valence-electron chi connectivity index (χ3n) is 5.50. The molecule has 1 unspecified atom stereocenters. The highest BCUT2D eigenvalue weighted by atomic mass is 19.1. The number of hydrogen-bond donors (Lipinski definition) is 1. The third kappa shape index (κ3) is 3.77. The van der Waals surface area contributed by atoms with E-state index < -0.39 is 0 Å². The van der Waals surface area contributed by atoms with Gasteiger partial charge in [-0.15, -0.1) is 0 Å². The van der Waals surface area contributed by atoms with Crippen LogP contribution in [0.5, 0.6) is 0 Å². The van der Waals surface area contributed by atoms with Gasteiger partial charge in [-0.2, -0.15) is 5.10 Å². The molecule has 7 nitrogen and oxygen atoms in total. The van der Waals surface area contributed by atoms with Crippen LogP contribution in [0.3, 0.4) is 0 Å². The first kappa shape index (κ1) is 20.0. The van der Waals surface area contributed by atoms with Crippen molar-refractivity contribution in [2.24, 2.45) is 0 Å². The van der Waals surface area contributed by atoms with Crippen LogP contribution in [0.1, 0.15) is 47.1 Å². The lowest BCUT2D eigenvalue weighted by molar-refractivity contribution is 0.0606. The zero-order valence-corrected chi connectivity index (χ0v) is 17.4. The van der Waals surface area contributed by atoms with Crippen LogP contribution in [0.2, 0.25) is 0 Å². The number of aryl methyl sites for hydroxylation is 1. The Kier molecular flexibility index (Phi) is 5.48. The van der Waals surface area contributed by atoms with Crippen LogP contribution in [0.15, 0.2) is 36.7 Å². The number of piperidine rings is 1. The molecule has 1 amide bonds. The smallest absolute Gasteiger partial charge is 0.257 e. The third-order valence-corrected chi connectivity index (χ3v) is 5.50. The summed E-state index contributed by atoms with van der Waals surface area (Å²) in [7, 11) is 3.77. The number of aromatic amines is 1. The minimum atomic E-state index is -0.295. The van der Waals surface area contributed by atoms with Crippen LogP contribution in [0, 0.1) is 12.7 Å². The second-order valence-electron chi connectivity index (χ2n) is 7.79. The van der Waals surface area contributed by atoms with Crippen molar-refractivity contribution in [3.63, 3.8) is 0 Å². The maximum atomic E-state index is 13.5. The highest BCUT2D eigenvalue weighted by Gasteiger charge is 2.33. The van der Waals surface area contributed by atoms with Gasteiger partial charge in [-0.1, -0.05) is 12.1 Å². The molecule has 1 aliphatic rings. The van der Waals surface area contributed by atoms with E-state index >= 15 is 0 Å². The standard InChI is InChI=1S/C22H25FN6O/c1-14-17(13-25-27-14)21(30)29-11-5-4-6-19(29)20-18(12-24-22(26-20)28(2)3)15-7-9-16(23)10-8-15/h7-10,12-13,19H,4-6,11H2,1-3H3,(H,25,27). The van der Waals surface area contributed by atoms with Crippen LogP contribution >= 0.6 is 0 Å². The molecule has 1 fully saturated rings. The first-order chi connectivity index (χ1) is 14.5. The normalized spacial score (nSPS) is 16.5. The topological polar surface area (TPSA) is 78.0 Å². The zero-order valence-electron chi connectivity index (χ0n) is 17.4. The predicted molar refractivity (Wildman–Crippen MR) is 113 cm³/mol. The highest BCUT2D eigenvalue weighted by Crippen LogP contribution is 2.37. The number of nitrogens with zero attached hydrogens (tertiary/aromatic N) is 5. The molecule has 1 aliphatic heterocycles. The van der Waals surface area contributed by atoms with Gasteiger partial charge in [-0.05, 0) is 43.9 Å². The van der Waals surface area contributed by atoms with E-state index in [1.54, 1.807) is 24.5 Å². The summed E-state index contributed by atoms with van der Waals surface area (Å²) in [6.07, 6.45) is 6.10. The molecule has 156 valence electrons. The van der Waals surface area contributed by atoms with E-state index in [1.165, 1.54) is 12.1 Å². The van der Waals surface area contributed by atoms with Gasteiger partial charge in [-0.25, -0.2) is 14.4 Å². The van der Waals surface area contributed by atoms with Crippen molar-refractivity contribution in [3.05, 3.63) is 59.4 Å². The van der Waals surface area contributed by atoms with Crippen molar-refractivity contribution in [2.75, 3.05) is 25.5 Å². The fourth-order valence-corrected chi connectivity index (χ4v) is 3.89. The number of benzene rings is 1. The average molecular weight is 408 g/mol. The van der Waals surface area contributed by atoms with Crippen LogP contribution < -0.4 is 4.90 Å². The minimum Gasteiger partial charge on any atom is -0.347 e. The quantitative estimate of drug-likeness (QED) is 0.711. The molecule has 1 atom stereocenters. The van der Waals surface area contributed by atoms with Crippen LogP contribution in [-0.4, -0.2) is 51.6 Å². The summed E-state index contributed by atoms with van der Waals surface area (Å²) in [4.78, 5) is 26.4. The molecular weight excluding hydrogens is 383 g/mol. The summed E-state index contributed by atoms with van der Waals surface area (Å²) >= 11 is 0. The molecule has 0 aliphatic carbocycles. The molecule has 30 heavy (non-hydrogen) atoms. The second-order valence-corrected chi connectivity index (χ2v) is 7.79. The molecule has 3 heterocycles. The van der Waals surface area contributed by atoms with Gasteiger partial charge in [0.1, 0.15) is 5.82 Å². The molecular formula is C22H25FN6O. The lowest BCUT2D eigenvalue weighted by atomic mass is 9.93. The average Bonchev–Trinajstić information content (AvgIpc) is 3.19. The molecule has 2 aromatic heterocycles. The lowest BCUT2D eigenvalue weighted by Gasteiger charge is -2.36. The van der Waals surface area contributed by atoms with E-state index in [2.05, 4.69) is 15.2 Å². The summed E-state index contributed by atoms with van der Waals surface area (Å²) in [6.45, 7) is 2.50. The van der Waals surface area contributed by atoms with Crippen LogP contribution in [0.4, 0.5) is 10.3 Å². The van der Waals surface area contributed by atoms with Crippen molar-refractivity contribution in [1.82, 2.24) is 25.1 Å². The van der Waals surface area contributed by atoms with Crippen molar-refractivity contribution < 1.29 is 9.18 Å². The Morgan fingerprint density at radius 2 is 1.97 bits per heavy atom. The maximum Gasteiger partial charge on any atom is 0.257 e. The number of amides is 1. The van der Waals surface area contributed by atoms with Crippen molar-refractivity contribution in [2.45, 2.75) is 32.2 Å². The number of nitrogens with one attached hydrogen (secondary N) is 1. The Hall–Kier alpha value is -3.29. The highest BCUT2D eigenvalue weighted by molar-refractivity contribution is 5.95. The van der Waals surface area contributed by atoms with E-state index in [0.717, 1.165) is 41.8 Å². The minimum absolute atomic E-state index is 0.0546. The largest absolute Gasteiger partial charge is 0.347 e. The van der Waals surface area contributed by atoms with Crippen molar-refractivity contribution in [1.29, 1.82) is 0 Å². The number of carbonyl (C=O) groups excluding carboxylic acids is 1. The molecule has 0 saturated carbocycles. The van der Waals surface area contributed by atoms with Crippen molar-refractivity contribution >= 4 is 11.9 Å². The van der Waals surface area contributed by atoms with E-state index in [9.17, 15) is 9.18 Å².